The molecule has 0 bridgehead atoms. The summed E-state index contributed by atoms with van der Waals surface area (Å²) in [6, 6.07) is 4.01. The molecule has 1 spiro atoms. The molecule has 3 fully saturated rings. The van der Waals surface area contributed by atoms with Gasteiger partial charge in [-0.2, -0.15) is 0 Å². The van der Waals surface area contributed by atoms with Gasteiger partial charge >= 0.3 is 0 Å². The SMILES string of the molecule is CC(CC1CCCCC1)C(=O)N1CCC(O)(Cn2cnc3ccc(F)cc3c2=O)C2(CCCC2)C1. The molecule has 1 aromatic carbocycles. The molecule has 1 amide bonds. The van der Waals surface area contributed by atoms with Gasteiger partial charge in [0.25, 0.3) is 5.56 Å². The van der Waals surface area contributed by atoms with Gasteiger partial charge in [0.05, 0.1) is 29.4 Å². The van der Waals surface area contributed by atoms with Crippen LogP contribution in [0.25, 0.3) is 10.9 Å². The van der Waals surface area contributed by atoms with Gasteiger partial charge in [0.2, 0.25) is 5.91 Å². The Kier molecular flexibility index (Phi) is 6.73. The van der Waals surface area contributed by atoms with Gasteiger partial charge < -0.3 is 10.0 Å². The highest BCUT2D eigenvalue weighted by Crippen LogP contribution is 2.51. The summed E-state index contributed by atoms with van der Waals surface area (Å²) in [5.74, 6) is 0.394. The number of aliphatic hydroxyl groups is 1. The molecular formula is C28H38FN3O3. The third-order valence-electron chi connectivity index (χ3n) is 9.20. The number of aromatic nitrogens is 2. The number of rotatable bonds is 5. The van der Waals surface area contributed by atoms with Gasteiger partial charge in [0.1, 0.15) is 5.82 Å². The van der Waals surface area contributed by atoms with E-state index in [0.717, 1.165) is 32.1 Å². The molecular weight excluding hydrogens is 445 g/mol. The summed E-state index contributed by atoms with van der Waals surface area (Å²) in [5.41, 5.74) is -1.43. The monoisotopic (exact) mass is 483 g/mol. The number of hydrogen-bond donors (Lipinski definition) is 1. The Morgan fingerprint density at radius 1 is 1.17 bits per heavy atom. The van der Waals surface area contributed by atoms with Gasteiger partial charge in [-0.15, -0.1) is 0 Å². The fourth-order valence-corrected chi connectivity index (χ4v) is 7.15. The van der Waals surface area contributed by atoms with Crippen molar-refractivity contribution in [3.8, 4) is 0 Å². The van der Waals surface area contributed by atoms with Crippen molar-refractivity contribution in [2.24, 2.45) is 17.3 Å². The predicted octanol–water partition coefficient (Wildman–Crippen LogP) is 4.67. The molecule has 35 heavy (non-hydrogen) atoms. The molecule has 190 valence electrons. The van der Waals surface area contributed by atoms with E-state index in [0.29, 0.717) is 30.9 Å². The van der Waals surface area contributed by atoms with E-state index in [9.17, 15) is 19.1 Å². The smallest absolute Gasteiger partial charge is 0.261 e. The van der Waals surface area contributed by atoms with Gasteiger partial charge in [-0.05, 0) is 49.8 Å². The van der Waals surface area contributed by atoms with Crippen LogP contribution >= 0.6 is 0 Å². The number of benzene rings is 1. The van der Waals surface area contributed by atoms with Gasteiger partial charge in [-0.25, -0.2) is 9.37 Å². The van der Waals surface area contributed by atoms with Crippen LogP contribution in [0.15, 0.2) is 29.3 Å². The number of carbonyl (C=O) groups excluding carboxylic acids is 1. The Bertz CT molecular complexity index is 1140. The fourth-order valence-electron chi connectivity index (χ4n) is 7.15. The summed E-state index contributed by atoms with van der Waals surface area (Å²) in [6.07, 6.45) is 12.9. The largest absolute Gasteiger partial charge is 0.387 e. The molecule has 0 radical (unpaired) electrons. The molecule has 6 nitrogen and oxygen atoms in total. The van der Waals surface area contributed by atoms with E-state index in [1.165, 1.54) is 61.2 Å². The molecule has 1 aliphatic heterocycles. The van der Waals surface area contributed by atoms with Crippen LogP contribution in [0.1, 0.15) is 77.6 Å². The maximum absolute atomic E-state index is 13.8. The third kappa shape index (κ3) is 4.64. The highest BCUT2D eigenvalue weighted by Gasteiger charge is 2.55. The first-order chi connectivity index (χ1) is 16.8. The van der Waals surface area contributed by atoms with Crippen molar-refractivity contribution in [2.75, 3.05) is 13.1 Å². The standard InChI is InChI=1S/C28H38FN3O3/c1-20(15-21-7-3-2-4-8-21)25(33)31-14-13-28(35,27(17-31)11-5-6-12-27)18-32-19-30-24-10-9-22(29)16-23(24)26(32)34/h9-10,16,19-21,35H,2-8,11-15,17-18H2,1H3. The number of carbonyl (C=O) groups is 1. The van der Waals surface area contributed by atoms with Crippen molar-refractivity contribution in [2.45, 2.75) is 89.7 Å². The lowest BCUT2D eigenvalue weighted by molar-refractivity contribution is -0.163. The summed E-state index contributed by atoms with van der Waals surface area (Å²) in [4.78, 5) is 32.9. The molecule has 2 saturated carbocycles. The Labute approximate surface area is 206 Å². The minimum Gasteiger partial charge on any atom is -0.387 e. The third-order valence-corrected chi connectivity index (χ3v) is 9.20. The molecule has 5 rings (SSSR count). The number of likely N-dealkylation sites (tertiary alicyclic amines) is 1. The van der Waals surface area contributed by atoms with Gasteiger partial charge in [0, 0.05) is 24.4 Å². The molecule has 2 aliphatic carbocycles. The fraction of sp³-hybridized carbons (Fsp3) is 0.679. The van der Waals surface area contributed by atoms with Gasteiger partial charge in [-0.3, -0.25) is 14.2 Å². The number of halogens is 1. The lowest BCUT2D eigenvalue weighted by atomic mass is 9.65. The first-order valence-corrected chi connectivity index (χ1v) is 13.5. The number of hydrogen-bond acceptors (Lipinski definition) is 4. The van der Waals surface area contributed by atoms with Gasteiger partial charge in [0.15, 0.2) is 0 Å². The summed E-state index contributed by atoms with van der Waals surface area (Å²) in [6.45, 7) is 3.22. The molecule has 7 heteroatoms. The quantitative estimate of drug-likeness (QED) is 0.671. The average Bonchev–Trinajstić information content (AvgIpc) is 3.33. The van der Waals surface area contributed by atoms with E-state index < -0.39 is 16.8 Å². The lowest BCUT2D eigenvalue weighted by Gasteiger charge is -2.52. The number of fused-ring (bicyclic) bond motifs is 1. The van der Waals surface area contributed by atoms with Crippen molar-refractivity contribution in [1.29, 1.82) is 0 Å². The Balaban J connectivity index is 1.35. The average molecular weight is 484 g/mol. The molecule has 2 unspecified atom stereocenters. The Hall–Kier alpha value is -2.28. The molecule has 2 aromatic rings. The van der Waals surface area contributed by atoms with Crippen LogP contribution in [0.3, 0.4) is 0 Å². The topological polar surface area (TPSA) is 75.4 Å². The summed E-state index contributed by atoms with van der Waals surface area (Å²) >= 11 is 0. The van der Waals surface area contributed by atoms with E-state index >= 15 is 0 Å². The molecule has 2 atom stereocenters. The zero-order chi connectivity index (χ0) is 24.6. The first kappa shape index (κ1) is 24.4. The Morgan fingerprint density at radius 3 is 2.66 bits per heavy atom. The van der Waals surface area contributed by atoms with Crippen LogP contribution in [-0.4, -0.2) is 44.2 Å². The molecule has 1 aromatic heterocycles. The zero-order valence-electron chi connectivity index (χ0n) is 20.8. The summed E-state index contributed by atoms with van der Waals surface area (Å²) in [5, 5.41) is 12.2. The van der Waals surface area contributed by atoms with Crippen LogP contribution in [0.2, 0.25) is 0 Å². The lowest BCUT2D eigenvalue weighted by Crippen LogP contribution is -2.62. The van der Waals surface area contributed by atoms with Crippen LogP contribution in [0.4, 0.5) is 4.39 Å². The van der Waals surface area contributed by atoms with Crippen LogP contribution in [0, 0.1) is 23.1 Å². The minimum absolute atomic E-state index is 0.00458. The van der Waals surface area contributed by atoms with Crippen molar-refractivity contribution >= 4 is 16.8 Å². The maximum atomic E-state index is 13.8. The first-order valence-electron chi connectivity index (χ1n) is 13.5. The second-order valence-corrected chi connectivity index (χ2v) is 11.5. The number of piperidine rings is 1. The number of nitrogens with zero attached hydrogens (tertiary/aromatic N) is 3. The van der Waals surface area contributed by atoms with E-state index in [-0.39, 0.29) is 29.3 Å². The van der Waals surface area contributed by atoms with Crippen molar-refractivity contribution in [3.63, 3.8) is 0 Å². The second kappa shape index (κ2) is 9.64. The van der Waals surface area contributed by atoms with Gasteiger partial charge in [-0.1, -0.05) is 51.9 Å². The van der Waals surface area contributed by atoms with E-state index in [1.807, 2.05) is 4.90 Å². The van der Waals surface area contributed by atoms with Crippen molar-refractivity contribution < 1.29 is 14.3 Å². The summed E-state index contributed by atoms with van der Waals surface area (Å²) in [7, 11) is 0. The molecule has 3 aliphatic rings. The number of amides is 1. The normalized spacial score (nSPS) is 25.9. The van der Waals surface area contributed by atoms with Crippen LogP contribution in [-0.2, 0) is 11.3 Å². The van der Waals surface area contributed by atoms with Crippen LogP contribution < -0.4 is 5.56 Å². The molecule has 2 heterocycles. The van der Waals surface area contributed by atoms with Crippen molar-refractivity contribution in [1.82, 2.24) is 14.5 Å². The Morgan fingerprint density at radius 2 is 1.91 bits per heavy atom. The van der Waals surface area contributed by atoms with Crippen molar-refractivity contribution in [3.05, 3.63) is 40.7 Å². The highest BCUT2D eigenvalue weighted by molar-refractivity contribution is 5.79. The van der Waals surface area contributed by atoms with E-state index in [1.54, 1.807) is 0 Å². The molecule has 1 N–H and O–H groups in total. The maximum Gasteiger partial charge on any atom is 0.261 e. The van der Waals surface area contributed by atoms with Crippen LogP contribution in [0.5, 0.6) is 0 Å². The predicted molar refractivity (Wildman–Crippen MR) is 133 cm³/mol. The second-order valence-electron chi connectivity index (χ2n) is 11.5. The summed E-state index contributed by atoms with van der Waals surface area (Å²) < 4.78 is 15.2. The molecule has 1 saturated heterocycles. The zero-order valence-corrected chi connectivity index (χ0v) is 20.8. The van der Waals surface area contributed by atoms with E-state index in [4.69, 9.17) is 0 Å². The highest BCUT2D eigenvalue weighted by atomic mass is 19.1. The van der Waals surface area contributed by atoms with E-state index in [2.05, 4.69) is 11.9 Å². The minimum atomic E-state index is -1.11.